The lowest BCUT2D eigenvalue weighted by Crippen LogP contribution is -2.45. The van der Waals surface area contributed by atoms with Gasteiger partial charge in [-0.15, -0.1) is 11.3 Å². The molecule has 1 aromatic carbocycles. The molecule has 1 aromatic heterocycles. The van der Waals surface area contributed by atoms with Crippen molar-refractivity contribution in [3.63, 3.8) is 0 Å². The number of hydrogen-bond donors (Lipinski definition) is 0. The van der Waals surface area contributed by atoms with E-state index in [2.05, 4.69) is 36.3 Å². The van der Waals surface area contributed by atoms with Crippen molar-refractivity contribution in [2.24, 2.45) is 0 Å². The van der Waals surface area contributed by atoms with Crippen LogP contribution in [0.15, 0.2) is 28.4 Å². The van der Waals surface area contributed by atoms with E-state index in [0.29, 0.717) is 12.1 Å². The van der Waals surface area contributed by atoms with E-state index >= 15 is 0 Å². The normalized spacial score (nSPS) is 23.2. The first-order valence-electron chi connectivity index (χ1n) is 7.38. The van der Waals surface area contributed by atoms with Crippen LogP contribution in [-0.2, 0) is 0 Å². The van der Waals surface area contributed by atoms with Gasteiger partial charge in [0.25, 0.3) is 0 Å². The molecule has 1 aliphatic rings. The van der Waals surface area contributed by atoms with E-state index in [-0.39, 0.29) is 5.43 Å². The summed E-state index contributed by atoms with van der Waals surface area (Å²) in [6.07, 6.45) is 3.63. The molecule has 3 heteroatoms. The molecule has 0 N–H and O–H groups in total. The Hall–Kier alpha value is -1.35. The number of hydrogen-bond acceptors (Lipinski definition) is 3. The molecule has 106 valence electrons. The molecular weight excluding hydrogens is 266 g/mol. The Bertz CT molecular complexity index is 681. The van der Waals surface area contributed by atoms with Gasteiger partial charge in [-0.2, -0.15) is 0 Å². The van der Waals surface area contributed by atoms with Crippen molar-refractivity contribution in [3.8, 4) is 0 Å². The van der Waals surface area contributed by atoms with Crippen LogP contribution >= 0.6 is 11.3 Å². The monoisotopic (exact) mass is 287 g/mol. The van der Waals surface area contributed by atoms with E-state index in [1.54, 1.807) is 11.3 Å². The Balaban J connectivity index is 2.16. The number of fused-ring (bicyclic) bond motifs is 1. The molecule has 1 saturated heterocycles. The minimum atomic E-state index is 0.197. The zero-order valence-electron chi connectivity index (χ0n) is 12.3. The predicted molar refractivity (Wildman–Crippen MR) is 88.1 cm³/mol. The number of benzene rings is 1. The van der Waals surface area contributed by atoms with Crippen LogP contribution in [-0.4, -0.2) is 12.1 Å². The van der Waals surface area contributed by atoms with Crippen molar-refractivity contribution in [1.29, 1.82) is 0 Å². The molecule has 0 spiro atoms. The summed E-state index contributed by atoms with van der Waals surface area (Å²) in [5.41, 5.74) is 2.24. The Morgan fingerprint density at radius 1 is 1.20 bits per heavy atom. The largest absolute Gasteiger partial charge is 0.362 e. The first-order valence-corrected chi connectivity index (χ1v) is 8.26. The Kier molecular flexibility index (Phi) is 3.55. The Morgan fingerprint density at radius 3 is 2.60 bits per heavy atom. The fourth-order valence-corrected chi connectivity index (χ4v) is 4.20. The molecule has 1 aliphatic heterocycles. The number of nitrogens with zero attached hydrogens (tertiary/aromatic N) is 1. The topological polar surface area (TPSA) is 20.3 Å². The molecule has 2 heterocycles. The maximum atomic E-state index is 12.8. The molecule has 2 nitrogen and oxygen atoms in total. The predicted octanol–water partition coefficient (Wildman–Crippen LogP) is 4.34. The van der Waals surface area contributed by atoms with Crippen LogP contribution in [0.1, 0.15) is 38.7 Å². The molecule has 2 atom stereocenters. The van der Waals surface area contributed by atoms with E-state index in [9.17, 15) is 4.79 Å². The fourth-order valence-electron chi connectivity index (χ4n) is 3.31. The van der Waals surface area contributed by atoms with Crippen LogP contribution in [0.5, 0.6) is 0 Å². The van der Waals surface area contributed by atoms with Crippen molar-refractivity contribution < 1.29 is 0 Å². The van der Waals surface area contributed by atoms with Crippen molar-refractivity contribution >= 4 is 27.1 Å². The van der Waals surface area contributed by atoms with E-state index in [0.717, 1.165) is 21.3 Å². The fraction of sp³-hybridized carbons (Fsp3) is 0.471. The molecule has 3 rings (SSSR count). The summed E-state index contributed by atoms with van der Waals surface area (Å²) >= 11 is 1.68. The molecule has 0 amide bonds. The second kappa shape index (κ2) is 5.21. The van der Waals surface area contributed by atoms with E-state index in [4.69, 9.17) is 0 Å². The molecule has 1 fully saturated rings. The van der Waals surface area contributed by atoms with Crippen LogP contribution < -0.4 is 10.3 Å². The molecule has 20 heavy (non-hydrogen) atoms. The third-order valence-electron chi connectivity index (χ3n) is 4.38. The van der Waals surface area contributed by atoms with Gasteiger partial charge in [-0.1, -0.05) is 11.6 Å². The summed E-state index contributed by atoms with van der Waals surface area (Å²) in [6, 6.07) is 7.08. The lowest BCUT2D eigenvalue weighted by molar-refractivity contribution is 0.414. The lowest BCUT2D eigenvalue weighted by atomic mass is 9.97. The minimum Gasteiger partial charge on any atom is -0.362 e. The number of aryl methyl sites for hydroxylation is 1. The standard InChI is InChI=1S/C17H21NOS/c1-11-7-8-16-14(9-11)17(19)15(10-20-16)18-12(2)5-4-6-13(18)3/h7-10,12-13H,4-6H2,1-3H3/t12-,13-/m0/s1. The number of anilines is 1. The van der Waals surface area contributed by atoms with Gasteiger partial charge in [-0.05, 0) is 52.2 Å². The van der Waals surface area contributed by atoms with E-state index < -0.39 is 0 Å². The average Bonchev–Trinajstić information content (AvgIpc) is 2.41. The van der Waals surface area contributed by atoms with Crippen molar-refractivity contribution in [2.75, 3.05) is 4.90 Å². The summed E-state index contributed by atoms with van der Waals surface area (Å²) < 4.78 is 1.08. The molecule has 0 bridgehead atoms. The molecule has 0 aliphatic carbocycles. The van der Waals surface area contributed by atoms with Gasteiger partial charge < -0.3 is 4.90 Å². The van der Waals surface area contributed by atoms with Crippen LogP contribution in [0.2, 0.25) is 0 Å². The molecule has 2 aromatic rings. The Morgan fingerprint density at radius 2 is 1.90 bits per heavy atom. The van der Waals surface area contributed by atoms with E-state index in [1.807, 2.05) is 13.0 Å². The van der Waals surface area contributed by atoms with Crippen LogP contribution in [0, 0.1) is 6.92 Å². The summed E-state index contributed by atoms with van der Waals surface area (Å²) in [5.74, 6) is 0. The highest BCUT2D eigenvalue weighted by Gasteiger charge is 2.27. The van der Waals surface area contributed by atoms with Gasteiger partial charge in [0.2, 0.25) is 5.43 Å². The molecule has 0 saturated carbocycles. The van der Waals surface area contributed by atoms with Crippen molar-refractivity contribution in [3.05, 3.63) is 39.4 Å². The number of piperidine rings is 1. The maximum absolute atomic E-state index is 12.8. The molecule has 0 unspecified atom stereocenters. The average molecular weight is 287 g/mol. The smallest absolute Gasteiger partial charge is 0.211 e. The highest BCUT2D eigenvalue weighted by molar-refractivity contribution is 7.16. The summed E-state index contributed by atoms with van der Waals surface area (Å²) in [4.78, 5) is 15.2. The van der Waals surface area contributed by atoms with Gasteiger partial charge in [0.15, 0.2) is 0 Å². The zero-order valence-corrected chi connectivity index (χ0v) is 13.2. The highest BCUT2D eigenvalue weighted by Crippen LogP contribution is 2.30. The maximum Gasteiger partial charge on any atom is 0.211 e. The minimum absolute atomic E-state index is 0.197. The van der Waals surface area contributed by atoms with Gasteiger partial charge in [0.05, 0.1) is 5.69 Å². The third-order valence-corrected chi connectivity index (χ3v) is 5.33. The third kappa shape index (κ3) is 2.24. The lowest BCUT2D eigenvalue weighted by Gasteiger charge is -2.40. The van der Waals surface area contributed by atoms with Crippen LogP contribution in [0.25, 0.3) is 10.1 Å². The Labute approximate surface area is 124 Å². The van der Waals surface area contributed by atoms with E-state index in [1.165, 1.54) is 19.3 Å². The number of rotatable bonds is 1. The van der Waals surface area contributed by atoms with Crippen LogP contribution in [0.4, 0.5) is 5.69 Å². The molecule has 0 radical (unpaired) electrons. The van der Waals surface area contributed by atoms with Crippen molar-refractivity contribution in [2.45, 2.75) is 52.1 Å². The first-order chi connectivity index (χ1) is 9.58. The summed E-state index contributed by atoms with van der Waals surface area (Å²) in [6.45, 7) is 6.52. The summed E-state index contributed by atoms with van der Waals surface area (Å²) in [7, 11) is 0. The van der Waals surface area contributed by atoms with Gasteiger partial charge in [-0.25, -0.2) is 0 Å². The second-order valence-electron chi connectivity index (χ2n) is 5.99. The van der Waals surface area contributed by atoms with Crippen molar-refractivity contribution in [1.82, 2.24) is 0 Å². The second-order valence-corrected chi connectivity index (χ2v) is 6.90. The SMILES string of the molecule is Cc1ccc2scc(N3[C@@H](C)CCC[C@@H]3C)c(=O)c2c1. The van der Waals surface area contributed by atoms with Gasteiger partial charge in [-0.3, -0.25) is 4.79 Å². The van der Waals surface area contributed by atoms with Gasteiger partial charge in [0.1, 0.15) is 0 Å². The summed E-state index contributed by atoms with van der Waals surface area (Å²) in [5, 5.41) is 2.93. The quantitative estimate of drug-likeness (QED) is 0.777. The van der Waals surface area contributed by atoms with Gasteiger partial charge in [0, 0.05) is 27.5 Å². The highest BCUT2D eigenvalue weighted by atomic mass is 32.1. The zero-order chi connectivity index (χ0) is 14.3. The van der Waals surface area contributed by atoms with Crippen LogP contribution in [0.3, 0.4) is 0 Å². The first kappa shape index (κ1) is 13.6. The van der Waals surface area contributed by atoms with Gasteiger partial charge >= 0.3 is 0 Å². The molecular formula is C17H21NOS.